The second-order valence-corrected chi connectivity index (χ2v) is 11.7. The Hall–Kier alpha value is -5.11. The summed E-state index contributed by atoms with van der Waals surface area (Å²) in [5.74, 6) is -3.27. The first-order valence-corrected chi connectivity index (χ1v) is 16.5. The Morgan fingerprint density at radius 1 is 0.878 bits per heavy atom. The Kier molecular flexibility index (Phi) is 15.4. The lowest BCUT2D eigenvalue weighted by Crippen LogP contribution is -2.48. The molecule has 0 unspecified atom stereocenters. The number of nitrogens with two attached hydrogens (primary N) is 1. The second kappa shape index (κ2) is 19.6. The number of halogens is 1. The van der Waals surface area contributed by atoms with Gasteiger partial charge < -0.3 is 26.2 Å². The molecular formula is C35H45FN6O7. The van der Waals surface area contributed by atoms with E-state index in [9.17, 15) is 28.4 Å². The molecule has 0 saturated carbocycles. The van der Waals surface area contributed by atoms with E-state index in [1.54, 1.807) is 30.3 Å². The molecule has 14 heteroatoms. The van der Waals surface area contributed by atoms with Gasteiger partial charge in [0.05, 0.1) is 16.6 Å². The van der Waals surface area contributed by atoms with Crippen LogP contribution >= 0.6 is 0 Å². The maximum atomic E-state index is 14.2. The first-order chi connectivity index (χ1) is 23.5. The van der Waals surface area contributed by atoms with Crippen molar-refractivity contribution < 1.29 is 38.6 Å². The smallest absolute Gasteiger partial charge is 0.328 e. The van der Waals surface area contributed by atoms with Crippen LogP contribution in [-0.2, 0) is 9.59 Å². The van der Waals surface area contributed by atoms with Gasteiger partial charge in [0.25, 0.3) is 5.91 Å². The molecule has 13 nitrogen and oxygen atoms in total. The molecule has 2 amide bonds. The number of primary amides is 1. The summed E-state index contributed by atoms with van der Waals surface area (Å²) < 4.78 is 15.5. The van der Waals surface area contributed by atoms with Gasteiger partial charge in [-0.3, -0.25) is 19.3 Å². The Morgan fingerprint density at radius 3 is 2.10 bits per heavy atom. The van der Waals surface area contributed by atoms with Gasteiger partial charge in [0, 0.05) is 69.3 Å². The zero-order valence-electron chi connectivity index (χ0n) is 27.8. The normalized spacial score (nSPS) is 13.2. The average molecular weight is 681 g/mol. The number of carboxylic acid groups (broad SMARTS) is 2. The maximum absolute atomic E-state index is 14.2. The Labute approximate surface area is 284 Å². The lowest BCUT2D eigenvalue weighted by atomic mass is 10.1. The van der Waals surface area contributed by atoms with Crippen molar-refractivity contribution in [1.82, 2.24) is 20.0 Å². The van der Waals surface area contributed by atoms with Crippen molar-refractivity contribution >= 4 is 46.4 Å². The lowest BCUT2D eigenvalue weighted by molar-refractivity contribution is -0.134. The van der Waals surface area contributed by atoms with Crippen LogP contribution in [0.25, 0.3) is 10.9 Å². The number of rotatable bonds is 16. The highest BCUT2D eigenvalue weighted by molar-refractivity contribution is 6.06. The molecule has 1 saturated heterocycles. The minimum absolute atomic E-state index is 0.104. The summed E-state index contributed by atoms with van der Waals surface area (Å²) >= 11 is 0. The number of aromatic nitrogens is 2. The summed E-state index contributed by atoms with van der Waals surface area (Å²) in [6.07, 6.45) is 9.36. The molecule has 0 atom stereocenters. The van der Waals surface area contributed by atoms with Crippen molar-refractivity contribution in [2.24, 2.45) is 5.73 Å². The van der Waals surface area contributed by atoms with Crippen molar-refractivity contribution in [3.63, 3.8) is 0 Å². The van der Waals surface area contributed by atoms with Gasteiger partial charge in [-0.2, -0.15) is 4.68 Å². The number of nitrogens with zero attached hydrogens (tertiary/aromatic N) is 4. The zero-order valence-corrected chi connectivity index (χ0v) is 27.8. The quantitative estimate of drug-likeness (QED) is 0.125. The van der Waals surface area contributed by atoms with E-state index in [1.165, 1.54) is 42.5 Å². The first-order valence-electron chi connectivity index (χ1n) is 16.5. The molecule has 0 spiro atoms. The van der Waals surface area contributed by atoms with E-state index in [4.69, 9.17) is 15.9 Å². The van der Waals surface area contributed by atoms with Crippen LogP contribution in [0.4, 0.5) is 10.2 Å². The van der Waals surface area contributed by atoms with Crippen molar-refractivity contribution in [1.29, 1.82) is 0 Å². The molecule has 0 radical (unpaired) electrons. The van der Waals surface area contributed by atoms with E-state index in [0.717, 1.165) is 37.7 Å². The summed E-state index contributed by atoms with van der Waals surface area (Å²) in [7, 11) is 0. The molecule has 5 N–H and O–H groups in total. The number of aliphatic carboxylic acids is 2. The molecule has 1 aliphatic rings. The van der Waals surface area contributed by atoms with Crippen LogP contribution < -0.4 is 16.0 Å². The van der Waals surface area contributed by atoms with E-state index < -0.39 is 17.8 Å². The molecule has 3 aromatic rings. The van der Waals surface area contributed by atoms with Crippen LogP contribution in [0.5, 0.6) is 0 Å². The topological polar surface area (TPSA) is 188 Å². The molecule has 1 fully saturated rings. The van der Waals surface area contributed by atoms with E-state index in [0.29, 0.717) is 56.1 Å². The maximum Gasteiger partial charge on any atom is 0.328 e. The van der Waals surface area contributed by atoms with Crippen molar-refractivity contribution in [3.05, 3.63) is 71.6 Å². The Balaban J connectivity index is 0.000000723. The van der Waals surface area contributed by atoms with Gasteiger partial charge in [0.2, 0.25) is 11.8 Å². The van der Waals surface area contributed by atoms with E-state index in [2.05, 4.69) is 27.1 Å². The van der Waals surface area contributed by atoms with Gasteiger partial charge in [-0.05, 0) is 30.7 Å². The fourth-order valence-electron chi connectivity index (χ4n) is 5.48. The van der Waals surface area contributed by atoms with Crippen molar-refractivity contribution in [2.45, 2.75) is 58.3 Å². The van der Waals surface area contributed by atoms with Crippen LogP contribution in [0.3, 0.4) is 0 Å². The molecule has 0 aliphatic carbocycles. The molecule has 2 heterocycles. The molecule has 4 rings (SSSR count). The molecule has 49 heavy (non-hydrogen) atoms. The monoisotopic (exact) mass is 680 g/mol. The largest absolute Gasteiger partial charge is 0.478 e. The van der Waals surface area contributed by atoms with Crippen molar-refractivity contribution in [2.75, 3.05) is 44.2 Å². The number of hydrogen-bond acceptors (Lipinski definition) is 8. The van der Waals surface area contributed by atoms with Gasteiger partial charge >= 0.3 is 11.9 Å². The third-order valence-corrected chi connectivity index (χ3v) is 8.05. The summed E-state index contributed by atoms with van der Waals surface area (Å²) in [5, 5.41) is 23.9. The molecular weight excluding hydrogens is 635 g/mol. The highest BCUT2D eigenvalue weighted by Crippen LogP contribution is 2.28. The van der Waals surface area contributed by atoms with E-state index in [1.807, 2.05) is 0 Å². The fraction of sp³-hybridized carbons (Fsp3) is 0.429. The van der Waals surface area contributed by atoms with Crippen LogP contribution in [0, 0.1) is 5.82 Å². The number of hydrogen-bond donors (Lipinski definition) is 4. The number of piperazine rings is 1. The third kappa shape index (κ3) is 12.1. The lowest BCUT2D eigenvalue weighted by Gasteiger charge is -2.35. The number of carbonyl (C=O) groups excluding carboxylic acids is 3. The van der Waals surface area contributed by atoms with E-state index >= 15 is 0 Å². The molecule has 1 aliphatic heterocycles. The minimum atomic E-state index is -1.26. The number of benzene rings is 2. The Bertz CT molecular complexity index is 1620. The number of carbonyl (C=O) groups is 5. The van der Waals surface area contributed by atoms with Gasteiger partial charge in [-0.15, -0.1) is 5.10 Å². The molecule has 2 aromatic carbocycles. The predicted molar refractivity (Wildman–Crippen MR) is 183 cm³/mol. The van der Waals surface area contributed by atoms with Crippen LogP contribution in [0.1, 0.15) is 83.8 Å². The highest BCUT2D eigenvalue weighted by Gasteiger charge is 2.24. The first kappa shape index (κ1) is 38.3. The zero-order chi connectivity index (χ0) is 35.8. The fourth-order valence-corrected chi connectivity index (χ4v) is 5.48. The van der Waals surface area contributed by atoms with Gasteiger partial charge in [-0.25, -0.2) is 14.0 Å². The second-order valence-electron chi connectivity index (χ2n) is 11.7. The molecule has 0 bridgehead atoms. The average Bonchev–Trinajstić information content (AvgIpc) is 3.46. The molecule has 1 aromatic heterocycles. The third-order valence-electron chi connectivity index (χ3n) is 8.05. The van der Waals surface area contributed by atoms with E-state index in [-0.39, 0.29) is 28.8 Å². The number of amides is 2. The van der Waals surface area contributed by atoms with Gasteiger partial charge in [-0.1, -0.05) is 57.6 Å². The number of nitrogens with one attached hydrogen (secondary N) is 1. The summed E-state index contributed by atoms with van der Waals surface area (Å²) in [6.45, 7) is 6.14. The standard InChI is InChI=1S/C31H41FN6O3.C4H4O4/c1-2-3-4-5-6-7-8-13-28(39)38-27-22-23(32)14-15-26(27)30(35-38)37-20-18-36(19-21-37)17-16-34-31(41)25-12-10-9-11-24(25)29(33)40;5-3(6)1-2-4(7)8/h9-12,14-15,22H,2-8,13,16-21H2,1H3,(H2,33,40)(H,34,41);1-2H,(H,5,6)(H,7,8)/b;2-1-. The molecule has 264 valence electrons. The number of anilines is 1. The summed E-state index contributed by atoms with van der Waals surface area (Å²) in [4.78, 5) is 60.8. The summed E-state index contributed by atoms with van der Waals surface area (Å²) in [6, 6.07) is 11.0. The minimum Gasteiger partial charge on any atom is -0.478 e. The number of fused-ring (bicyclic) bond motifs is 1. The van der Waals surface area contributed by atoms with Crippen molar-refractivity contribution in [3.8, 4) is 0 Å². The Morgan fingerprint density at radius 2 is 1.49 bits per heavy atom. The highest BCUT2D eigenvalue weighted by atomic mass is 19.1. The predicted octanol–water partition coefficient (Wildman–Crippen LogP) is 4.32. The number of carboxylic acids is 2. The number of unbranched alkanes of at least 4 members (excludes halogenated alkanes) is 6. The SMILES string of the molecule is CCCCCCCCCC(=O)n1nc(N2CCN(CCNC(=O)c3ccccc3C(N)=O)CC2)c2ccc(F)cc21.O=C(O)/C=C\C(=O)O. The summed E-state index contributed by atoms with van der Waals surface area (Å²) in [5.41, 5.74) is 6.37. The van der Waals surface area contributed by atoms with Crippen LogP contribution in [0.2, 0.25) is 0 Å². The van der Waals surface area contributed by atoms with Crippen LogP contribution in [-0.4, -0.2) is 93.8 Å². The van der Waals surface area contributed by atoms with Gasteiger partial charge in [0.1, 0.15) is 5.82 Å². The van der Waals surface area contributed by atoms with Gasteiger partial charge in [0.15, 0.2) is 5.82 Å². The van der Waals surface area contributed by atoms with Crippen LogP contribution in [0.15, 0.2) is 54.6 Å².